The van der Waals surface area contributed by atoms with Crippen molar-refractivity contribution in [3.63, 3.8) is 0 Å². The highest BCUT2D eigenvalue weighted by Gasteiger charge is 2.43. The van der Waals surface area contributed by atoms with Crippen LogP contribution in [0.15, 0.2) is 0 Å². The van der Waals surface area contributed by atoms with E-state index in [-0.39, 0.29) is 6.03 Å². The molecule has 2 saturated heterocycles. The SMILES string of the molecule is O=C(NC[C@@H]1CCN(C2CC2)C1)N1CCN([C@@H]2C[C@H]3CC[C@H]2C3)CC1. The van der Waals surface area contributed by atoms with Crippen LogP contribution in [0.25, 0.3) is 0 Å². The van der Waals surface area contributed by atoms with Gasteiger partial charge in [-0.3, -0.25) is 4.90 Å². The van der Waals surface area contributed by atoms with Crippen molar-refractivity contribution in [3.8, 4) is 0 Å². The topological polar surface area (TPSA) is 38.8 Å². The number of carbonyl (C=O) groups excluding carboxylic acids is 1. The fraction of sp³-hybridized carbons (Fsp3) is 0.950. The molecule has 3 aliphatic carbocycles. The maximum atomic E-state index is 12.5. The molecule has 3 saturated carbocycles. The molecule has 0 radical (unpaired) electrons. The molecule has 0 aromatic heterocycles. The summed E-state index contributed by atoms with van der Waals surface area (Å²) in [5.74, 6) is 2.64. The number of piperazine rings is 1. The number of hydrogen-bond acceptors (Lipinski definition) is 3. The molecule has 5 fully saturated rings. The molecule has 5 nitrogen and oxygen atoms in total. The van der Waals surface area contributed by atoms with Gasteiger partial charge in [0.25, 0.3) is 0 Å². The van der Waals surface area contributed by atoms with Gasteiger partial charge in [0, 0.05) is 51.4 Å². The molecule has 5 aliphatic rings. The van der Waals surface area contributed by atoms with Crippen LogP contribution < -0.4 is 5.32 Å². The molecule has 2 amide bonds. The molecule has 0 aromatic rings. The minimum absolute atomic E-state index is 0.178. The van der Waals surface area contributed by atoms with Crippen molar-refractivity contribution in [2.45, 2.75) is 57.0 Å². The van der Waals surface area contributed by atoms with Crippen molar-refractivity contribution >= 4 is 6.03 Å². The molecule has 5 rings (SSSR count). The average molecular weight is 347 g/mol. The molecule has 2 heterocycles. The maximum Gasteiger partial charge on any atom is 0.317 e. The number of nitrogens with zero attached hydrogens (tertiary/aromatic N) is 3. The standard InChI is InChI=1S/C20H34N4O/c25-20(21-13-16-5-6-24(14-16)18-3-4-18)23-9-7-22(8-10-23)19-12-15-1-2-17(19)11-15/h15-19H,1-14H2,(H,21,25)/t15-,16-,17-,19+/m0/s1. The number of urea groups is 1. The number of fused-ring (bicyclic) bond motifs is 2. The smallest absolute Gasteiger partial charge is 0.317 e. The molecule has 2 aliphatic heterocycles. The van der Waals surface area contributed by atoms with Gasteiger partial charge in [-0.15, -0.1) is 0 Å². The zero-order chi connectivity index (χ0) is 16.8. The Bertz CT molecular complexity index is 500. The number of carbonyl (C=O) groups is 1. The van der Waals surface area contributed by atoms with Crippen LogP contribution in [-0.2, 0) is 0 Å². The third-order valence-electron chi connectivity index (χ3n) is 7.69. The maximum absolute atomic E-state index is 12.5. The first kappa shape index (κ1) is 16.4. The lowest BCUT2D eigenvalue weighted by molar-refractivity contribution is 0.0825. The Labute approximate surface area is 152 Å². The zero-order valence-corrected chi connectivity index (χ0v) is 15.5. The minimum Gasteiger partial charge on any atom is -0.338 e. The van der Waals surface area contributed by atoms with E-state index >= 15 is 0 Å². The van der Waals surface area contributed by atoms with Crippen LogP contribution >= 0.6 is 0 Å². The van der Waals surface area contributed by atoms with Gasteiger partial charge >= 0.3 is 6.03 Å². The Morgan fingerprint density at radius 2 is 1.72 bits per heavy atom. The van der Waals surface area contributed by atoms with Crippen LogP contribution in [0.5, 0.6) is 0 Å². The highest BCUT2D eigenvalue weighted by molar-refractivity contribution is 5.74. The summed E-state index contributed by atoms with van der Waals surface area (Å²) in [5.41, 5.74) is 0. The molecule has 0 spiro atoms. The summed E-state index contributed by atoms with van der Waals surface area (Å²) < 4.78 is 0. The third-order valence-corrected chi connectivity index (χ3v) is 7.69. The van der Waals surface area contributed by atoms with Crippen molar-refractivity contribution in [1.29, 1.82) is 0 Å². The van der Waals surface area contributed by atoms with Crippen molar-refractivity contribution < 1.29 is 4.79 Å². The van der Waals surface area contributed by atoms with Crippen molar-refractivity contribution in [1.82, 2.24) is 20.0 Å². The van der Waals surface area contributed by atoms with Gasteiger partial charge in [0.05, 0.1) is 0 Å². The highest BCUT2D eigenvalue weighted by atomic mass is 16.2. The van der Waals surface area contributed by atoms with E-state index in [1.54, 1.807) is 0 Å². The first-order valence-corrected chi connectivity index (χ1v) is 10.8. The quantitative estimate of drug-likeness (QED) is 0.846. The molecular formula is C20H34N4O. The lowest BCUT2D eigenvalue weighted by Crippen LogP contribution is -2.55. The van der Waals surface area contributed by atoms with Crippen molar-refractivity contribution in [2.24, 2.45) is 17.8 Å². The second-order valence-corrected chi connectivity index (χ2v) is 9.33. The fourth-order valence-corrected chi connectivity index (χ4v) is 6.06. The van der Waals surface area contributed by atoms with Gasteiger partial charge in [0.1, 0.15) is 0 Å². The van der Waals surface area contributed by atoms with Crippen LogP contribution in [0.4, 0.5) is 4.79 Å². The summed E-state index contributed by atoms with van der Waals surface area (Å²) >= 11 is 0. The van der Waals surface area contributed by atoms with Gasteiger partial charge < -0.3 is 15.1 Å². The van der Waals surface area contributed by atoms with Gasteiger partial charge in [-0.25, -0.2) is 4.79 Å². The Morgan fingerprint density at radius 1 is 0.880 bits per heavy atom. The molecule has 2 bridgehead atoms. The second kappa shape index (κ2) is 6.73. The van der Waals surface area contributed by atoms with E-state index in [0.717, 1.165) is 56.6 Å². The molecule has 5 heteroatoms. The number of amides is 2. The largest absolute Gasteiger partial charge is 0.338 e. The van der Waals surface area contributed by atoms with E-state index in [1.807, 2.05) is 0 Å². The molecule has 0 unspecified atom stereocenters. The van der Waals surface area contributed by atoms with Crippen LogP contribution in [0.2, 0.25) is 0 Å². The molecular weight excluding hydrogens is 312 g/mol. The number of nitrogens with one attached hydrogen (secondary N) is 1. The lowest BCUT2D eigenvalue weighted by Gasteiger charge is -2.41. The van der Waals surface area contributed by atoms with Gasteiger partial charge in [-0.2, -0.15) is 0 Å². The van der Waals surface area contributed by atoms with E-state index < -0.39 is 0 Å². The van der Waals surface area contributed by atoms with E-state index in [0.29, 0.717) is 5.92 Å². The van der Waals surface area contributed by atoms with Crippen LogP contribution in [-0.4, -0.2) is 78.6 Å². The Hall–Kier alpha value is -0.810. The molecule has 1 N–H and O–H groups in total. The summed E-state index contributed by atoms with van der Waals surface area (Å²) in [6, 6.07) is 1.88. The predicted octanol–water partition coefficient (Wildman–Crippen LogP) is 1.99. The van der Waals surface area contributed by atoms with Crippen molar-refractivity contribution in [3.05, 3.63) is 0 Å². The Kier molecular flexibility index (Phi) is 4.41. The third kappa shape index (κ3) is 3.42. The van der Waals surface area contributed by atoms with Gasteiger partial charge in [0.2, 0.25) is 0 Å². The van der Waals surface area contributed by atoms with E-state index in [1.165, 1.54) is 58.0 Å². The van der Waals surface area contributed by atoms with Gasteiger partial charge in [0.15, 0.2) is 0 Å². The van der Waals surface area contributed by atoms with E-state index in [4.69, 9.17) is 0 Å². The monoisotopic (exact) mass is 346 g/mol. The summed E-state index contributed by atoms with van der Waals surface area (Å²) in [4.78, 5) is 19.9. The van der Waals surface area contributed by atoms with Crippen LogP contribution in [0, 0.1) is 17.8 Å². The summed E-state index contributed by atoms with van der Waals surface area (Å²) in [6.45, 7) is 7.31. The van der Waals surface area contributed by atoms with E-state index in [9.17, 15) is 4.79 Å². The molecule has 4 atom stereocenters. The molecule has 25 heavy (non-hydrogen) atoms. The number of likely N-dealkylation sites (tertiary alicyclic amines) is 1. The molecule has 0 aromatic carbocycles. The first-order valence-electron chi connectivity index (χ1n) is 10.8. The highest BCUT2D eigenvalue weighted by Crippen LogP contribution is 2.46. The summed E-state index contributed by atoms with van der Waals surface area (Å²) in [7, 11) is 0. The van der Waals surface area contributed by atoms with E-state index in [2.05, 4.69) is 20.0 Å². The summed E-state index contributed by atoms with van der Waals surface area (Å²) in [5, 5.41) is 3.23. The van der Waals surface area contributed by atoms with Gasteiger partial charge in [-0.1, -0.05) is 6.42 Å². The minimum atomic E-state index is 0.178. The van der Waals surface area contributed by atoms with Crippen LogP contribution in [0.1, 0.15) is 44.9 Å². The second-order valence-electron chi connectivity index (χ2n) is 9.33. The van der Waals surface area contributed by atoms with Crippen LogP contribution in [0.3, 0.4) is 0 Å². The Morgan fingerprint density at radius 3 is 2.40 bits per heavy atom. The molecule has 140 valence electrons. The number of rotatable bonds is 4. The predicted molar refractivity (Wildman–Crippen MR) is 98.5 cm³/mol. The Balaban J connectivity index is 1.04. The number of hydrogen-bond donors (Lipinski definition) is 1. The zero-order valence-electron chi connectivity index (χ0n) is 15.5. The lowest BCUT2D eigenvalue weighted by atomic mass is 9.93. The normalized spacial score (nSPS) is 39.3. The fourth-order valence-electron chi connectivity index (χ4n) is 6.06. The first-order chi connectivity index (χ1) is 12.3. The summed E-state index contributed by atoms with van der Waals surface area (Å²) in [6.07, 6.45) is 9.88. The van der Waals surface area contributed by atoms with Crippen molar-refractivity contribution in [2.75, 3.05) is 45.8 Å². The average Bonchev–Trinajstić information content (AvgIpc) is 3.07. The van der Waals surface area contributed by atoms with Gasteiger partial charge in [-0.05, 0) is 62.8 Å².